The summed E-state index contributed by atoms with van der Waals surface area (Å²) in [5.74, 6) is 0.0851. The highest BCUT2D eigenvalue weighted by atomic mass is 32.1. The Hall–Kier alpha value is -0.710. The number of nitrogens with one attached hydrogen (secondary N) is 1. The maximum Gasteiger partial charge on any atom is 0.235 e. The molecule has 1 heterocycles. The van der Waals surface area contributed by atoms with Gasteiger partial charge in [0.1, 0.15) is 0 Å². The fourth-order valence-corrected chi connectivity index (χ4v) is 1.96. The van der Waals surface area contributed by atoms with E-state index in [2.05, 4.69) is 17.9 Å². The monoisotopic (exact) mass is 230 g/mol. The van der Waals surface area contributed by atoms with Gasteiger partial charge in [0, 0.05) is 26.1 Å². The number of hydrogen-bond donors (Lipinski definition) is 2. The number of piperidine rings is 1. The summed E-state index contributed by atoms with van der Waals surface area (Å²) in [5, 5.41) is 2.64. The first-order valence-corrected chi connectivity index (χ1v) is 5.76. The maximum atomic E-state index is 11.6. The van der Waals surface area contributed by atoms with Crippen molar-refractivity contribution in [3.05, 3.63) is 0 Å². The first kappa shape index (κ1) is 12.4. The van der Waals surface area contributed by atoms with Gasteiger partial charge < -0.3 is 10.2 Å². The van der Waals surface area contributed by atoms with Crippen molar-refractivity contribution in [2.24, 2.45) is 0 Å². The standard InChI is InChI=1S/C10H18N2O2S/c1-7(15)10(14)12-5-3-9(4-6-12)11-8(2)13/h7,9,15H,3-6H2,1-2H3,(H,11,13). The maximum absolute atomic E-state index is 11.6. The van der Waals surface area contributed by atoms with Crippen LogP contribution in [0.15, 0.2) is 0 Å². The summed E-state index contributed by atoms with van der Waals surface area (Å²) in [4.78, 5) is 24.2. The molecule has 0 spiro atoms. The third-order valence-corrected chi connectivity index (χ3v) is 2.79. The van der Waals surface area contributed by atoms with Crippen molar-refractivity contribution in [2.45, 2.75) is 38.0 Å². The van der Waals surface area contributed by atoms with Crippen molar-refractivity contribution in [3.8, 4) is 0 Å². The summed E-state index contributed by atoms with van der Waals surface area (Å²) in [6.07, 6.45) is 1.68. The van der Waals surface area contributed by atoms with Gasteiger partial charge in [-0.15, -0.1) is 0 Å². The molecule has 0 bridgehead atoms. The number of rotatable bonds is 2. The summed E-state index contributed by atoms with van der Waals surface area (Å²) in [5.41, 5.74) is 0. The molecule has 1 rings (SSSR count). The average Bonchev–Trinajstić information content (AvgIpc) is 2.17. The van der Waals surface area contributed by atoms with Gasteiger partial charge in [0.2, 0.25) is 11.8 Å². The minimum Gasteiger partial charge on any atom is -0.353 e. The molecule has 0 saturated carbocycles. The van der Waals surface area contributed by atoms with Gasteiger partial charge in [-0.1, -0.05) is 0 Å². The largest absolute Gasteiger partial charge is 0.353 e. The van der Waals surface area contributed by atoms with E-state index in [-0.39, 0.29) is 23.1 Å². The molecule has 1 fully saturated rings. The number of carbonyl (C=O) groups excluding carboxylic acids is 2. The summed E-state index contributed by atoms with van der Waals surface area (Å²) in [6, 6.07) is 0.224. The summed E-state index contributed by atoms with van der Waals surface area (Å²) in [7, 11) is 0. The van der Waals surface area contributed by atoms with Crippen LogP contribution in [0.2, 0.25) is 0 Å². The van der Waals surface area contributed by atoms with Gasteiger partial charge in [-0.3, -0.25) is 9.59 Å². The average molecular weight is 230 g/mol. The highest BCUT2D eigenvalue weighted by molar-refractivity contribution is 7.81. The lowest BCUT2D eigenvalue weighted by Gasteiger charge is -2.33. The van der Waals surface area contributed by atoms with Crippen LogP contribution in [0.5, 0.6) is 0 Å². The molecule has 0 aliphatic carbocycles. The van der Waals surface area contributed by atoms with Gasteiger partial charge in [0.15, 0.2) is 0 Å². The first-order chi connectivity index (χ1) is 7.00. The lowest BCUT2D eigenvalue weighted by atomic mass is 10.0. The Labute approximate surface area is 95.8 Å². The van der Waals surface area contributed by atoms with Crippen molar-refractivity contribution >= 4 is 24.4 Å². The fourth-order valence-electron chi connectivity index (χ4n) is 1.80. The van der Waals surface area contributed by atoms with E-state index in [1.165, 1.54) is 6.92 Å². The Morgan fingerprint density at radius 1 is 1.40 bits per heavy atom. The SMILES string of the molecule is CC(=O)NC1CCN(C(=O)C(C)S)CC1. The predicted molar refractivity (Wildman–Crippen MR) is 61.9 cm³/mol. The zero-order chi connectivity index (χ0) is 11.4. The second kappa shape index (κ2) is 5.39. The van der Waals surface area contributed by atoms with Crippen molar-refractivity contribution in [3.63, 3.8) is 0 Å². The number of hydrogen-bond acceptors (Lipinski definition) is 3. The number of thiol groups is 1. The molecule has 0 aromatic carbocycles. The quantitative estimate of drug-likeness (QED) is 0.676. The van der Waals surface area contributed by atoms with Gasteiger partial charge in [0.25, 0.3) is 0 Å². The Kier molecular flexibility index (Phi) is 4.45. The number of nitrogens with zero attached hydrogens (tertiary/aromatic N) is 1. The molecule has 0 aromatic rings. The van der Waals surface area contributed by atoms with Gasteiger partial charge in [-0.25, -0.2) is 0 Å². The van der Waals surface area contributed by atoms with Crippen molar-refractivity contribution in [1.29, 1.82) is 0 Å². The van der Waals surface area contributed by atoms with E-state index < -0.39 is 0 Å². The number of likely N-dealkylation sites (tertiary alicyclic amines) is 1. The topological polar surface area (TPSA) is 49.4 Å². The van der Waals surface area contributed by atoms with E-state index in [1.807, 2.05) is 4.90 Å². The first-order valence-electron chi connectivity index (χ1n) is 5.24. The van der Waals surface area contributed by atoms with E-state index in [0.717, 1.165) is 12.8 Å². The Bertz CT molecular complexity index is 248. The lowest BCUT2D eigenvalue weighted by Crippen LogP contribution is -2.47. The minimum absolute atomic E-state index is 0.00217. The van der Waals surface area contributed by atoms with Crippen LogP contribution in [-0.2, 0) is 9.59 Å². The van der Waals surface area contributed by atoms with Crippen LogP contribution in [0.1, 0.15) is 26.7 Å². The zero-order valence-corrected chi connectivity index (χ0v) is 10.1. The van der Waals surface area contributed by atoms with Crippen LogP contribution in [0.4, 0.5) is 0 Å². The van der Waals surface area contributed by atoms with Crippen LogP contribution < -0.4 is 5.32 Å². The minimum atomic E-state index is -0.234. The predicted octanol–water partition coefficient (Wildman–Crippen LogP) is 0.432. The van der Waals surface area contributed by atoms with Crippen LogP contribution >= 0.6 is 12.6 Å². The molecule has 1 aliphatic rings. The van der Waals surface area contributed by atoms with Gasteiger partial charge in [-0.2, -0.15) is 12.6 Å². The summed E-state index contributed by atoms with van der Waals surface area (Å²) >= 11 is 4.12. The summed E-state index contributed by atoms with van der Waals surface area (Å²) in [6.45, 7) is 4.74. The molecule has 4 nitrogen and oxygen atoms in total. The zero-order valence-electron chi connectivity index (χ0n) is 9.19. The smallest absolute Gasteiger partial charge is 0.235 e. The van der Waals surface area contributed by atoms with E-state index in [1.54, 1.807) is 6.92 Å². The highest BCUT2D eigenvalue weighted by Crippen LogP contribution is 2.12. The van der Waals surface area contributed by atoms with E-state index in [0.29, 0.717) is 13.1 Å². The normalized spacial score (nSPS) is 19.8. The summed E-state index contributed by atoms with van der Waals surface area (Å²) < 4.78 is 0. The third kappa shape index (κ3) is 3.74. The molecular formula is C10H18N2O2S. The van der Waals surface area contributed by atoms with Crippen molar-refractivity contribution in [1.82, 2.24) is 10.2 Å². The van der Waals surface area contributed by atoms with E-state index >= 15 is 0 Å². The molecule has 1 atom stereocenters. The lowest BCUT2D eigenvalue weighted by molar-refractivity contribution is -0.131. The van der Waals surface area contributed by atoms with Gasteiger partial charge in [-0.05, 0) is 19.8 Å². The fraction of sp³-hybridized carbons (Fsp3) is 0.800. The van der Waals surface area contributed by atoms with Crippen LogP contribution in [0.3, 0.4) is 0 Å². The Balaban J connectivity index is 2.35. The molecule has 0 radical (unpaired) electrons. The van der Waals surface area contributed by atoms with Crippen molar-refractivity contribution < 1.29 is 9.59 Å². The van der Waals surface area contributed by atoms with E-state index in [4.69, 9.17) is 0 Å². The Morgan fingerprint density at radius 3 is 2.33 bits per heavy atom. The number of amides is 2. The molecule has 0 aromatic heterocycles. The molecule has 1 aliphatic heterocycles. The van der Waals surface area contributed by atoms with Crippen LogP contribution in [0.25, 0.3) is 0 Å². The van der Waals surface area contributed by atoms with E-state index in [9.17, 15) is 9.59 Å². The van der Waals surface area contributed by atoms with Crippen LogP contribution in [-0.4, -0.2) is 41.1 Å². The molecule has 86 valence electrons. The second-order valence-corrected chi connectivity index (χ2v) is 4.75. The highest BCUT2D eigenvalue weighted by Gasteiger charge is 2.24. The second-order valence-electron chi connectivity index (χ2n) is 3.98. The van der Waals surface area contributed by atoms with Crippen LogP contribution in [0, 0.1) is 0 Å². The van der Waals surface area contributed by atoms with Crippen molar-refractivity contribution in [2.75, 3.05) is 13.1 Å². The van der Waals surface area contributed by atoms with Gasteiger partial charge in [0.05, 0.1) is 5.25 Å². The molecular weight excluding hydrogens is 212 g/mol. The molecule has 1 N–H and O–H groups in total. The molecule has 2 amide bonds. The number of carbonyl (C=O) groups is 2. The molecule has 1 unspecified atom stereocenters. The molecule has 1 saturated heterocycles. The Morgan fingerprint density at radius 2 is 1.93 bits per heavy atom. The van der Waals surface area contributed by atoms with Gasteiger partial charge >= 0.3 is 0 Å². The molecule has 15 heavy (non-hydrogen) atoms. The molecule has 5 heteroatoms. The third-order valence-electron chi connectivity index (χ3n) is 2.57.